The van der Waals surface area contributed by atoms with Gasteiger partial charge in [0.25, 0.3) is 0 Å². The highest BCUT2D eigenvalue weighted by atomic mass is 16.7. The lowest BCUT2D eigenvalue weighted by molar-refractivity contribution is -0.117. The van der Waals surface area contributed by atoms with Gasteiger partial charge in [-0.2, -0.15) is 0 Å². The molecule has 0 saturated heterocycles. The summed E-state index contributed by atoms with van der Waals surface area (Å²) in [5.74, 6) is 1.96. The van der Waals surface area contributed by atoms with Crippen LogP contribution in [-0.4, -0.2) is 12.6 Å². The normalized spacial score (nSPS) is 13.1. The van der Waals surface area contributed by atoms with Gasteiger partial charge in [-0.1, -0.05) is 18.2 Å². The molecule has 2 rings (SSSR count). The molecule has 1 aliphatic heterocycles. The first-order chi connectivity index (χ1) is 9.25. The lowest BCUT2D eigenvalue weighted by Crippen LogP contribution is -1.92. The quantitative estimate of drug-likeness (QED) is 0.554. The van der Waals surface area contributed by atoms with E-state index in [1.54, 1.807) is 6.92 Å². The van der Waals surface area contributed by atoms with Gasteiger partial charge in [-0.05, 0) is 50.3 Å². The Labute approximate surface area is 114 Å². The smallest absolute Gasteiger partial charge is 0.231 e. The van der Waals surface area contributed by atoms with Gasteiger partial charge in [0.05, 0.1) is 0 Å². The van der Waals surface area contributed by atoms with Crippen molar-refractivity contribution in [2.45, 2.75) is 39.0 Å². The Bertz CT molecular complexity index is 463. The van der Waals surface area contributed by atoms with E-state index >= 15 is 0 Å². The van der Waals surface area contributed by atoms with E-state index in [2.05, 4.69) is 18.2 Å². The van der Waals surface area contributed by atoms with Gasteiger partial charge < -0.3 is 14.3 Å². The number of aryl methyl sites for hydroxylation is 1. The number of ketones is 1. The molecule has 0 aromatic heterocycles. The molecule has 102 valence electrons. The number of hydrogen-bond donors (Lipinski definition) is 0. The average molecular weight is 260 g/mol. The molecule has 0 radical (unpaired) electrons. The maximum absolute atomic E-state index is 10.8. The number of carbonyl (C=O) groups excluding carboxylic acids is 1. The van der Waals surface area contributed by atoms with Gasteiger partial charge in [0.15, 0.2) is 11.5 Å². The Kier molecular flexibility index (Phi) is 5.01. The van der Waals surface area contributed by atoms with Crippen molar-refractivity contribution in [3.8, 4) is 11.5 Å². The lowest BCUT2D eigenvalue weighted by Gasteiger charge is -2.00. The summed E-state index contributed by atoms with van der Waals surface area (Å²) in [6, 6.07) is 6.09. The molecule has 0 saturated carbocycles. The topological polar surface area (TPSA) is 35.5 Å². The van der Waals surface area contributed by atoms with Gasteiger partial charge in [0.1, 0.15) is 5.78 Å². The summed E-state index contributed by atoms with van der Waals surface area (Å²) in [6.45, 7) is 1.97. The summed E-state index contributed by atoms with van der Waals surface area (Å²) < 4.78 is 10.6. The number of hydrogen-bond acceptors (Lipinski definition) is 3. The molecule has 3 heteroatoms. The van der Waals surface area contributed by atoms with Crippen LogP contribution in [0.2, 0.25) is 0 Å². The number of rotatable bonds is 7. The third-order valence-electron chi connectivity index (χ3n) is 3.10. The maximum Gasteiger partial charge on any atom is 0.231 e. The summed E-state index contributed by atoms with van der Waals surface area (Å²) in [7, 11) is 0. The van der Waals surface area contributed by atoms with Crippen molar-refractivity contribution in [1.82, 2.24) is 0 Å². The molecule has 19 heavy (non-hydrogen) atoms. The van der Waals surface area contributed by atoms with E-state index < -0.39 is 0 Å². The predicted octanol–water partition coefficient (Wildman–Crippen LogP) is 3.66. The molecule has 0 bridgehead atoms. The molecule has 1 heterocycles. The second-order valence-corrected chi connectivity index (χ2v) is 4.79. The first-order valence-corrected chi connectivity index (χ1v) is 6.78. The van der Waals surface area contributed by atoms with Crippen LogP contribution < -0.4 is 9.47 Å². The molecule has 0 unspecified atom stereocenters. The highest BCUT2D eigenvalue weighted by Gasteiger charge is 2.12. The van der Waals surface area contributed by atoms with Crippen molar-refractivity contribution >= 4 is 5.78 Å². The first kappa shape index (κ1) is 13.7. The lowest BCUT2D eigenvalue weighted by atomic mass is 10.1. The Balaban J connectivity index is 1.68. The zero-order chi connectivity index (χ0) is 13.5. The fourth-order valence-corrected chi connectivity index (χ4v) is 2.05. The van der Waals surface area contributed by atoms with Crippen LogP contribution >= 0.6 is 0 Å². The number of benzene rings is 1. The molecule has 0 N–H and O–H groups in total. The van der Waals surface area contributed by atoms with Crippen LogP contribution in [-0.2, 0) is 11.2 Å². The molecule has 0 aliphatic carbocycles. The zero-order valence-electron chi connectivity index (χ0n) is 11.4. The number of carbonyl (C=O) groups is 1. The van der Waals surface area contributed by atoms with Crippen LogP contribution in [0.15, 0.2) is 30.4 Å². The third-order valence-corrected chi connectivity index (χ3v) is 3.10. The minimum Gasteiger partial charge on any atom is -0.454 e. The van der Waals surface area contributed by atoms with Gasteiger partial charge in [0, 0.05) is 6.42 Å². The predicted molar refractivity (Wildman–Crippen MR) is 74.6 cm³/mol. The number of unbranched alkanes of at least 4 members (excludes halogenated alkanes) is 1. The third kappa shape index (κ3) is 4.43. The van der Waals surface area contributed by atoms with Crippen molar-refractivity contribution < 1.29 is 14.3 Å². The zero-order valence-corrected chi connectivity index (χ0v) is 11.4. The van der Waals surface area contributed by atoms with E-state index in [-0.39, 0.29) is 5.78 Å². The van der Waals surface area contributed by atoms with Gasteiger partial charge in [-0.15, -0.1) is 0 Å². The summed E-state index contributed by atoms with van der Waals surface area (Å²) in [4.78, 5) is 10.8. The van der Waals surface area contributed by atoms with Gasteiger partial charge in [0.2, 0.25) is 6.79 Å². The highest BCUT2D eigenvalue weighted by molar-refractivity contribution is 5.75. The number of fused-ring (bicyclic) bond motifs is 1. The molecular formula is C16H20O3. The standard InChI is InChI=1S/C16H20O3/c1-13(17)7-5-3-2-4-6-8-14-9-10-15-16(11-14)19-12-18-15/h2,4,9-11H,3,5-8,12H2,1H3. The van der Waals surface area contributed by atoms with E-state index in [4.69, 9.17) is 9.47 Å². The molecule has 1 aromatic rings. The van der Waals surface area contributed by atoms with Crippen molar-refractivity contribution in [3.05, 3.63) is 35.9 Å². The molecule has 1 aliphatic rings. The van der Waals surface area contributed by atoms with Crippen LogP contribution in [0.4, 0.5) is 0 Å². The second kappa shape index (κ2) is 6.98. The number of ether oxygens (including phenoxy) is 2. The Morgan fingerprint density at radius 1 is 1.21 bits per heavy atom. The molecule has 0 amide bonds. The van der Waals surface area contributed by atoms with Gasteiger partial charge >= 0.3 is 0 Å². The van der Waals surface area contributed by atoms with Gasteiger partial charge in [-0.3, -0.25) is 0 Å². The van der Waals surface area contributed by atoms with E-state index in [0.29, 0.717) is 13.2 Å². The van der Waals surface area contributed by atoms with Crippen LogP contribution in [0, 0.1) is 0 Å². The minimum atomic E-state index is 0.272. The number of allylic oxidation sites excluding steroid dienone is 2. The van der Waals surface area contributed by atoms with Crippen LogP contribution in [0.3, 0.4) is 0 Å². The highest BCUT2D eigenvalue weighted by Crippen LogP contribution is 2.32. The Hall–Kier alpha value is -1.77. The fraction of sp³-hybridized carbons (Fsp3) is 0.438. The van der Waals surface area contributed by atoms with Crippen LogP contribution in [0.25, 0.3) is 0 Å². The number of Topliss-reactive ketones (excluding diaryl/α,β-unsaturated/α-hetero) is 1. The van der Waals surface area contributed by atoms with Crippen LogP contribution in [0.1, 0.15) is 38.2 Å². The van der Waals surface area contributed by atoms with E-state index in [1.165, 1.54) is 5.56 Å². The summed E-state index contributed by atoms with van der Waals surface area (Å²) in [5.41, 5.74) is 1.26. The SMILES string of the molecule is CC(=O)CCCC=CCCc1ccc2c(c1)OCO2. The molecule has 0 spiro atoms. The van der Waals surface area contributed by atoms with Crippen molar-refractivity contribution in [1.29, 1.82) is 0 Å². The molecular weight excluding hydrogens is 240 g/mol. The molecule has 1 aromatic carbocycles. The monoisotopic (exact) mass is 260 g/mol. The molecule has 0 atom stereocenters. The van der Waals surface area contributed by atoms with Crippen molar-refractivity contribution in [2.75, 3.05) is 6.79 Å². The van der Waals surface area contributed by atoms with Gasteiger partial charge in [-0.25, -0.2) is 0 Å². The molecule has 0 fully saturated rings. The molecule has 3 nitrogen and oxygen atoms in total. The van der Waals surface area contributed by atoms with E-state index in [0.717, 1.165) is 37.2 Å². The van der Waals surface area contributed by atoms with Crippen molar-refractivity contribution in [3.63, 3.8) is 0 Å². The Morgan fingerprint density at radius 3 is 2.84 bits per heavy atom. The van der Waals surface area contributed by atoms with E-state index in [9.17, 15) is 4.79 Å². The van der Waals surface area contributed by atoms with Crippen molar-refractivity contribution in [2.24, 2.45) is 0 Å². The Morgan fingerprint density at radius 2 is 2.00 bits per heavy atom. The van der Waals surface area contributed by atoms with E-state index in [1.807, 2.05) is 12.1 Å². The minimum absolute atomic E-state index is 0.272. The summed E-state index contributed by atoms with van der Waals surface area (Å²) in [5, 5.41) is 0. The maximum atomic E-state index is 10.8. The fourth-order valence-electron chi connectivity index (χ4n) is 2.05. The summed E-state index contributed by atoms with van der Waals surface area (Å²) >= 11 is 0. The summed E-state index contributed by atoms with van der Waals surface area (Å²) in [6.07, 6.45) is 8.99. The van der Waals surface area contributed by atoms with Crippen LogP contribution in [0.5, 0.6) is 11.5 Å². The second-order valence-electron chi connectivity index (χ2n) is 4.79. The largest absolute Gasteiger partial charge is 0.454 e. The average Bonchev–Trinajstić information content (AvgIpc) is 2.84. The first-order valence-electron chi connectivity index (χ1n) is 6.78.